The molecule has 0 spiro atoms. The van der Waals surface area contributed by atoms with E-state index >= 15 is 0 Å². The summed E-state index contributed by atoms with van der Waals surface area (Å²) >= 11 is 0. The number of hydrogen-bond donors (Lipinski definition) is 2. The van der Waals surface area contributed by atoms with Gasteiger partial charge in [0.15, 0.2) is 0 Å². The Morgan fingerprint density at radius 1 is 1.50 bits per heavy atom. The van der Waals surface area contributed by atoms with E-state index in [-0.39, 0.29) is 0 Å². The van der Waals surface area contributed by atoms with Crippen molar-refractivity contribution in [3.63, 3.8) is 0 Å². The maximum atomic E-state index is 9.81. The van der Waals surface area contributed by atoms with Crippen LogP contribution in [0.3, 0.4) is 0 Å². The van der Waals surface area contributed by atoms with Gasteiger partial charge in [0.05, 0.1) is 5.69 Å². The number of phenols is 1. The highest BCUT2D eigenvalue weighted by molar-refractivity contribution is 5.64. The minimum Gasteiger partial charge on any atom is -0.508 e. The third kappa shape index (κ3) is 3.35. The number of nitrogens with zero attached hydrogens (tertiary/aromatic N) is 1. The van der Waals surface area contributed by atoms with Gasteiger partial charge in [0.2, 0.25) is 0 Å². The second-order valence-corrected chi connectivity index (χ2v) is 3.89. The lowest BCUT2D eigenvalue weighted by Crippen LogP contribution is -2.21. The second-order valence-electron chi connectivity index (χ2n) is 3.89. The fraction of sp³-hybridized carbons (Fsp3) is 0.462. The third-order valence-corrected chi connectivity index (χ3v) is 2.71. The first-order valence-corrected chi connectivity index (χ1v) is 5.65. The summed E-state index contributed by atoms with van der Waals surface area (Å²) in [5.41, 5.74) is 1.80. The first kappa shape index (κ1) is 12.7. The van der Waals surface area contributed by atoms with Crippen molar-refractivity contribution in [1.29, 1.82) is 0 Å². The van der Waals surface area contributed by atoms with Gasteiger partial charge in [0.1, 0.15) is 5.75 Å². The Balaban J connectivity index is 2.84. The van der Waals surface area contributed by atoms with Crippen LogP contribution in [0.2, 0.25) is 0 Å². The molecule has 2 N–H and O–H groups in total. The SMILES string of the molecule is CC=Nc1cccc(O)c1CCC(C)NC. The van der Waals surface area contributed by atoms with Crippen LogP contribution in [0.1, 0.15) is 25.8 Å². The highest BCUT2D eigenvalue weighted by Gasteiger charge is 2.08. The molecule has 3 nitrogen and oxygen atoms in total. The van der Waals surface area contributed by atoms with Crippen molar-refractivity contribution in [1.82, 2.24) is 5.32 Å². The number of rotatable bonds is 5. The zero-order chi connectivity index (χ0) is 12.0. The normalized spacial score (nSPS) is 13.2. The van der Waals surface area contributed by atoms with Gasteiger partial charge in [-0.3, -0.25) is 4.99 Å². The number of aliphatic imine (C=N–C) groups is 1. The lowest BCUT2D eigenvalue weighted by molar-refractivity contribution is 0.464. The summed E-state index contributed by atoms with van der Waals surface area (Å²) in [6.45, 7) is 4.01. The van der Waals surface area contributed by atoms with E-state index in [1.165, 1.54) is 0 Å². The maximum absolute atomic E-state index is 9.81. The van der Waals surface area contributed by atoms with E-state index in [2.05, 4.69) is 17.2 Å². The fourth-order valence-corrected chi connectivity index (χ4v) is 1.58. The Bertz CT molecular complexity index is 361. The smallest absolute Gasteiger partial charge is 0.120 e. The molecule has 0 amide bonds. The highest BCUT2D eigenvalue weighted by atomic mass is 16.3. The summed E-state index contributed by atoms with van der Waals surface area (Å²) in [7, 11) is 1.95. The van der Waals surface area contributed by atoms with Crippen LogP contribution < -0.4 is 5.32 Å². The number of aromatic hydroxyl groups is 1. The molecule has 0 aromatic heterocycles. The Morgan fingerprint density at radius 3 is 2.88 bits per heavy atom. The second kappa shape index (κ2) is 6.28. The van der Waals surface area contributed by atoms with Crippen LogP contribution in [0.4, 0.5) is 5.69 Å². The van der Waals surface area contributed by atoms with Crippen LogP contribution in [-0.2, 0) is 6.42 Å². The van der Waals surface area contributed by atoms with Crippen LogP contribution in [-0.4, -0.2) is 24.4 Å². The quantitative estimate of drug-likeness (QED) is 0.749. The molecule has 0 saturated heterocycles. The van der Waals surface area contributed by atoms with Crippen LogP contribution in [0.5, 0.6) is 5.75 Å². The highest BCUT2D eigenvalue weighted by Crippen LogP contribution is 2.29. The zero-order valence-electron chi connectivity index (χ0n) is 10.2. The average Bonchev–Trinajstić information content (AvgIpc) is 2.28. The third-order valence-electron chi connectivity index (χ3n) is 2.71. The molecule has 0 saturated carbocycles. The molecule has 0 heterocycles. The molecule has 16 heavy (non-hydrogen) atoms. The Hall–Kier alpha value is -1.35. The molecule has 1 rings (SSSR count). The fourth-order valence-electron chi connectivity index (χ4n) is 1.58. The van der Waals surface area contributed by atoms with Crippen molar-refractivity contribution in [2.75, 3.05) is 7.05 Å². The van der Waals surface area contributed by atoms with Gasteiger partial charge in [-0.15, -0.1) is 0 Å². The average molecular weight is 220 g/mol. The first-order valence-electron chi connectivity index (χ1n) is 5.65. The van der Waals surface area contributed by atoms with E-state index in [1.807, 2.05) is 26.1 Å². The summed E-state index contributed by atoms with van der Waals surface area (Å²) < 4.78 is 0. The molecule has 0 aliphatic carbocycles. The van der Waals surface area contributed by atoms with Crippen molar-refractivity contribution < 1.29 is 5.11 Å². The number of nitrogens with one attached hydrogen (secondary N) is 1. The van der Waals surface area contributed by atoms with Gasteiger partial charge in [0, 0.05) is 17.8 Å². The number of phenolic OH excluding ortho intramolecular Hbond substituents is 1. The van der Waals surface area contributed by atoms with E-state index in [0.29, 0.717) is 11.8 Å². The molecular formula is C13H20N2O. The van der Waals surface area contributed by atoms with Crippen molar-refractivity contribution in [2.45, 2.75) is 32.7 Å². The van der Waals surface area contributed by atoms with E-state index in [1.54, 1.807) is 12.3 Å². The standard InChI is InChI=1S/C13H20N2O/c1-4-15-12-6-5-7-13(16)11(12)9-8-10(2)14-3/h4-7,10,14,16H,8-9H2,1-3H3. The Kier molecular flexibility index (Phi) is 4.99. The topological polar surface area (TPSA) is 44.6 Å². The van der Waals surface area contributed by atoms with Crippen LogP contribution >= 0.6 is 0 Å². The van der Waals surface area contributed by atoms with Crippen molar-refractivity contribution >= 4 is 11.9 Å². The predicted octanol–water partition coefficient (Wildman–Crippen LogP) is 2.65. The maximum Gasteiger partial charge on any atom is 0.120 e. The first-order chi connectivity index (χ1) is 7.69. The summed E-state index contributed by atoms with van der Waals surface area (Å²) in [6.07, 6.45) is 3.57. The number of hydrogen-bond acceptors (Lipinski definition) is 3. The monoisotopic (exact) mass is 220 g/mol. The van der Waals surface area contributed by atoms with Crippen LogP contribution in [0, 0.1) is 0 Å². The van der Waals surface area contributed by atoms with Crippen molar-refractivity contribution in [2.24, 2.45) is 4.99 Å². The molecule has 88 valence electrons. The van der Waals surface area contributed by atoms with Crippen LogP contribution in [0.15, 0.2) is 23.2 Å². The molecular weight excluding hydrogens is 200 g/mol. The molecule has 1 aromatic carbocycles. The van der Waals surface area contributed by atoms with E-state index < -0.39 is 0 Å². The molecule has 0 aliphatic heterocycles. The van der Waals surface area contributed by atoms with Gasteiger partial charge >= 0.3 is 0 Å². The molecule has 0 bridgehead atoms. The molecule has 0 radical (unpaired) electrons. The molecule has 1 atom stereocenters. The van der Waals surface area contributed by atoms with Crippen LogP contribution in [0.25, 0.3) is 0 Å². The van der Waals surface area contributed by atoms with Gasteiger partial charge in [-0.05, 0) is 45.9 Å². The molecule has 0 aliphatic rings. The van der Waals surface area contributed by atoms with Gasteiger partial charge < -0.3 is 10.4 Å². The molecule has 0 fully saturated rings. The molecule has 1 unspecified atom stereocenters. The summed E-state index contributed by atoms with van der Waals surface area (Å²) in [6, 6.07) is 5.91. The van der Waals surface area contributed by atoms with Gasteiger partial charge in [-0.1, -0.05) is 6.07 Å². The lowest BCUT2D eigenvalue weighted by Gasteiger charge is -2.12. The predicted molar refractivity (Wildman–Crippen MR) is 68.8 cm³/mol. The van der Waals surface area contributed by atoms with Gasteiger partial charge in [-0.2, -0.15) is 0 Å². The minimum absolute atomic E-state index is 0.339. The number of benzene rings is 1. The van der Waals surface area contributed by atoms with Crippen molar-refractivity contribution in [3.05, 3.63) is 23.8 Å². The minimum atomic E-state index is 0.339. The molecule has 3 heteroatoms. The summed E-state index contributed by atoms with van der Waals surface area (Å²) in [5.74, 6) is 0.339. The van der Waals surface area contributed by atoms with E-state index in [4.69, 9.17) is 0 Å². The largest absolute Gasteiger partial charge is 0.508 e. The zero-order valence-corrected chi connectivity index (χ0v) is 10.2. The lowest BCUT2D eigenvalue weighted by atomic mass is 10.0. The molecule has 1 aromatic rings. The van der Waals surface area contributed by atoms with E-state index in [0.717, 1.165) is 24.1 Å². The Morgan fingerprint density at radius 2 is 2.25 bits per heavy atom. The van der Waals surface area contributed by atoms with E-state index in [9.17, 15) is 5.11 Å². The summed E-state index contributed by atoms with van der Waals surface area (Å²) in [4.78, 5) is 4.27. The van der Waals surface area contributed by atoms with Gasteiger partial charge in [0.25, 0.3) is 0 Å². The van der Waals surface area contributed by atoms with Crippen molar-refractivity contribution in [3.8, 4) is 5.75 Å². The summed E-state index contributed by atoms with van der Waals surface area (Å²) in [5, 5.41) is 13.0. The Labute approximate surface area is 97.2 Å². The van der Waals surface area contributed by atoms with Gasteiger partial charge in [-0.25, -0.2) is 0 Å².